The second-order valence-corrected chi connectivity index (χ2v) is 4.21. The van der Waals surface area contributed by atoms with Crippen molar-refractivity contribution in [3.63, 3.8) is 0 Å². The number of benzene rings is 1. The third kappa shape index (κ3) is 3.17. The van der Waals surface area contributed by atoms with Gasteiger partial charge in [0.05, 0.1) is 12.7 Å². The van der Waals surface area contributed by atoms with Crippen LogP contribution in [0.15, 0.2) is 23.1 Å². The summed E-state index contributed by atoms with van der Waals surface area (Å²) in [5.41, 5.74) is 1.44. The van der Waals surface area contributed by atoms with E-state index < -0.39 is 0 Å². The SMILES string of the molecule is CCCNc1ccc(SC)cc1C(=O)OC. The first-order chi connectivity index (χ1) is 7.72. The number of thioether (sulfide) groups is 1. The van der Waals surface area contributed by atoms with Crippen LogP contribution in [-0.2, 0) is 4.74 Å². The number of carbonyl (C=O) groups excluding carboxylic acids is 1. The average molecular weight is 239 g/mol. The summed E-state index contributed by atoms with van der Waals surface area (Å²) in [6.07, 6.45) is 3.00. The first-order valence-corrected chi connectivity index (χ1v) is 6.45. The van der Waals surface area contributed by atoms with Crippen LogP contribution >= 0.6 is 11.8 Å². The largest absolute Gasteiger partial charge is 0.465 e. The van der Waals surface area contributed by atoms with Gasteiger partial charge in [-0.15, -0.1) is 11.8 Å². The molecule has 0 amide bonds. The van der Waals surface area contributed by atoms with Gasteiger partial charge in [0.2, 0.25) is 0 Å². The summed E-state index contributed by atoms with van der Waals surface area (Å²) in [5, 5.41) is 3.22. The van der Waals surface area contributed by atoms with Crippen molar-refractivity contribution in [1.29, 1.82) is 0 Å². The van der Waals surface area contributed by atoms with Gasteiger partial charge >= 0.3 is 5.97 Å². The highest BCUT2D eigenvalue weighted by Crippen LogP contribution is 2.23. The zero-order chi connectivity index (χ0) is 12.0. The molecule has 0 aliphatic heterocycles. The second-order valence-electron chi connectivity index (χ2n) is 3.33. The molecule has 0 unspecified atom stereocenters. The highest BCUT2D eigenvalue weighted by atomic mass is 32.2. The molecule has 0 saturated carbocycles. The summed E-state index contributed by atoms with van der Waals surface area (Å²) in [6.45, 7) is 2.93. The van der Waals surface area contributed by atoms with Gasteiger partial charge in [-0.3, -0.25) is 0 Å². The number of carbonyl (C=O) groups is 1. The van der Waals surface area contributed by atoms with E-state index in [4.69, 9.17) is 4.74 Å². The Labute approximate surface area is 101 Å². The quantitative estimate of drug-likeness (QED) is 0.633. The molecule has 0 aliphatic carbocycles. The molecule has 3 nitrogen and oxygen atoms in total. The van der Waals surface area contributed by atoms with Crippen LogP contribution in [0, 0.1) is 0 Å². The predicted octanol–water partition coefficient (Wildman–Crippen LogP) is 3.02. The number of esters is 1. The van der Waals surface area contributed by atoms with Crippen molar-refractivity contribution in [2.24, 2.45) is 0 Å². The standard InChI is InChI=1S/C12H17NO2S/c1-4-7-13-11-6-5-9(16-3)8-10(11)12(14)15-2/h5-6,8,13H,4,7H2,1-3H3. The molecule has 1 aromatic rings. The van der Waals surface area contributed by atoms with E-state index in [0.29, 0.717) is 5.56 Å². The van der Waals surface area contributed by atoms with Crippen LogP contribution in [0.1, 0.15) is 23.7 Å². The highest BCUT2D eigenvalue weighted by Gasteiger charge is 2.12. The van der Waals surface area contributed by atoms with Gasteiger partial charge in [0.25, 0.3) is 0 Å². The van der Waals surface area contributed by atoms with Crippen LogP contribution in [0.4, 0.5) is 5.69 Å². The van der Waals surface area contributed by atoms with Crippen LogP contribution in [0.5, 0.6) is 0 Å². The van der Waals surface area contributed by atoms with Gasteiger partial charge in [-0.2, -0.15) is 0 Å². The van der Waals surface area contributed by atoms with E-state index >= 15 is 0 Å². The molecule has 88 valence electrons. The normalized spacial score (nSPS) is 9.94. The minimum atomic E-state index is -0.297. The van der Waals surface area contributed by atoms with Gasteiger partial charge in [-0.25, -0.2) is 4.79 Å². The van der Waals surface area contributed by atoms with Gasteiger partial charge in [0.15, 0.2) is 0 Å². The lowest BCUT2D eigenvalue weighted by Crippen LogP contribution is -2.09. The van der Waals surface area contributed by atoms with E-state index in [2.05, 4.69) is 12.2 Å². The van der Waals surface area contributed by atoms with Crippen molar-refractivity contribution < 1.29 is 9.53 Å². The van der Waals surface area contributed by atoms with Crippen molar-refractivity contribution in [2.45, 2.75) is 18.2 Å². The molecular formula is C12H17NO2S. The maximum atomic E-state index is 11.6. The molecule has 1 N–H and O–H groups in total. The molecule has 0 saturated heterocycles. The van der Waals surface area contributed by atoms with Crippen LogP contribution in [-0.4, -0.2) is 25.9 Å². The van der Waals surface area contributed by atoms with E-state index in [1.807, 2.05) is 24.5 Å². The van der Waals surface area contributed by atoms with E-state index in [1.54, 1.807) is 11.8 Å². The fourth-order valence-electron chi connectivity index (χ4n) is 1.34. The smallest absolute Gasteiger partial charge is 0.340 e. The number of hydrogen-bond acceptors (Lipinski definition) is 4. The first-order valence-electron chi connectivity index (χ1n) is 5.23. The van der Waals surface area contributed by atoms with Crippen LogP contribution < -0.4 is 5.32 Å². The van der Waals surface area contributed by atoms with Crippen molar-refractivity contribution >= 4 is 23.4 Å². The number of rotatable bonds is 5. The molecule has 4 heteroatoms. The molecule has 0 spiro atoms. The molecule has 0 aliphatic rings. The van der Waals surface area contributed by atoms with Crippen LogP contribution in [0.2, 0.25) is 0 Å². The number of hydrogen-bond donors (Lipinski definition) is 1. The lowest BCUT2D eigenvalue weighted by Gasteiger charge is -2.11. The fraction of sp³-hybridized carbons (Fsp3) is 0.417. The molecule has 0 heterocycles. The molecule has 0 aromatic heterocycles. The maximum Gasteiger partial charge on any atom is 0.340 e. The Morgan fingerprint density at radius 3 is 2.81 bits per heavy atom. The predicted molar refractivity (Wildman–Crippen MR) is 68.3 cm³/mol. The van der Waals surface area contributed by atoms with Crippen molar-refractivity contribution in [3.8, 4) is 0 Å². The summed E-state index contributed by atoms with van der Waals surface area (Å²) in [7, 11) is 1.40. The molecule has 0 bridgehead atoms. The Morgan fingerprint density at radius 1 is 1.50 bits per heavy atom. The second kappa shape index (κ2) is 6.43. The monoisotopic (exact) mass is 239 g/mol. The lowest BCUT2D eigenvalue weighted by molar-refractivity contribution is 0.0601. The minimum absolute atomic E-state index is 0.297. The van der Waals surface area contributed by atoms with Gasteiger partial charge in [0.1, 0.15) is 0 Å². The summed E-state index contributed by atoms with van der Waals surface area (Å²) < 4.78 is 4.77. The van der Waals surface area contributed by atoms with E-state index in [-0.39, 0.29) is 5.97 Å². The van der Waals surface area contributed by atoms with Gasteiger partial charge in [0, 0.05) is 17.1 Å². The first kappa shape index (κ1) is 12.9. The van der Waals surface area contributed by atoms with Crippen LogP contribution in [0.3, 0.4) is 0 Å². The summed E-state index contributed by atoms with van der Waals surface area (Å²) in [5.74, 6) is -0.297. The molecule has 1 rings (SSSR count). The molecule has 16 heavy (non-hydrogen) atoms. The zero-order valence-corrected chi connectivity index (χ0v) is 10.7. The Bertz CT molecular complexity index is 366. The van der Waals surface area contributed by atoms with Crippen molar-refractivity contribution in [2.75, 3.05) is 25.2 Å². The lowest BCUT2D eigenvalue weighted by atomic mass is 10.1. The molecule has 0 fully saturated rings. The van der Waals surface area contributed by atoms with E-state index in [0.717, 1.165) is 23.5 Å². The van der Waals surface area contributed by atoms with Crippen molar-refractivity contribution in [1.82, 2.24) is 0 Å². The number of ether oxygens (including phenoxy) is 1. The highest BCUT2D eigenvalue weighted by molar-refractivity contribution is 7.98. The molecule has 1 aromatic carbocycles. The van der Waals surface area contributed by atoms with Crippen LogP contribution in [0.25, 0.3) is 0 Å². The molecule has 0 atom stereocenters. The van der Waals surface area contributed by atoms with Crippen molar-refractivity contribution in [3.05, 3.63) is 23.8 Å². The van der Waals surface area contributed by atoms with Gasteiger partial charge in [-0.05, 0) is 30.9 Å². The number of nitrogens with one attached hydrogen (secondary N) is 1. The zero-order valence-electron chi connectivity index (χ0n) is 9.87. The Balaban J connectivity index is 3.01. The maximum absolute atomic E-state index is 11.6. The van der Waals surface area contributed by atoms with Gasteiger partial charge in [-0.1, -0.05) is 6.92 Å². The summed E-state index contributed by atoms with van der Waals surface area (Å²) in [4.78, 5) is 12.7. The molecular weight excluding hydrogens is 222 g/mol. The molecule has 0 radical (unpaired) electrons. The van der Waals surface area contributed by atoms with Gasteiger partial charge < -0.3 is 10.1 Å². The fourth-order valence-corrected chi connectivity index (χ4v) is 1.78. The minimum Gasteiger partial charge on any atom is -0.465 e. The summed E-state index contributed by atoms with van der Waals surface area (Å²) in [6, 6.07) is 5.78. The average Bonchev–Trinajstić information content (AvgIpc) is 2.35. The Kier molecular flexibility index (Phi) is 5.19. The summed E-state index contributed by atoms with van der Waals surface area (Å²) >= 11 is 1.61. The third-order valence-corrected chi connectivity index (χ3v) is 2.92. The number of anilines is 1. The third-order valence-electron chi connectivity index (χ3n) is 2.20. The Morgan fingerprint density at radius 2 is 2.25 bits per heavy atom. The van der Waals surface area contributed by atoms with E-state index in [1.165, 1.54) is 7.11 Å². The number of methoxy groups -OCH3 is 1. The topological polar surface area (TPSA) is 38.3 Å². The van der Waals surface area contributed by atoms with E-state index in [9.17, 15) is 4.79 Å². The Hall–Kier alpha value is -1.16.